The predicted octanol–water partition coefficient (Wildman–Crippen LogP) is 0.617. The summed E-state index contributed by atoms with van der Waals surface area (Å²) < 4.78 is 5.33. The van der Waals surface area contributed by atoms with Crippen LogP contribution in [-0.4, -0.2) is 98.2 Å². The summed E-state index contributed by atoms with van der Waals surface area (Å²) in [4.78, 5) is 24.2. The number of amides is 1. The molecule has 0 bridgehead atoms. The van der Waals surface area contributed by atoms with E-state index in [1.54, 1.807) is 0 Å². The number of ether oxygens (including phenoxy) is 1. The molecule has 0 aromatic carbocycles. The maximum absolute atomic E-state index is 12.6. The zero-order valence-corrected chi connectivity index (χ0v) is 16.7. The lowest BCUT2D eigenvalue weighted by Crippen LogP contribution is -2.57. The van der Waals surface area contributed by atoms with Crippen molar-refractivity contribution in [3.8, 4) is 0 Å². The maximum Gasteiger partial charge on any atom is 0.239 e. The van der Waals surface area contributed by atoms with Crippen LogP contribution < -0.4 is 5.32 Å². The molecule has 3 fully saturated rings. The van der Waals surface area contributed by atoms with Gasteiger partial charge in [-0.3, -0.25) is 14.7 Å². The van der Waals surface area contributed by atoms with E-state index in [2.05, 4.69) is 35.9 Å². The van der Waals surface area contributed by atoms with E-state index in [1.807, 2.05) is 4.90 Å². The first-order chi connectivity index (χ1) is 12.5. The summed E-state index contributed by atoms with van der Waals surface area (Å²) in [7, 11) is 0. The zero-order valence-electron chi connectivity index (χ0n) is 16.7. The van der Waals surface area contributed by atoms with E-state index in [-0.39, 0.29) is 11.5 Å². The summed E-state index contributed by atoms with van der Waals surface area (Å²) >= 11 is 0. The van der Waals surface area contributed by atoms with Gasteiger partial charge in [-0.25, -0.2) is 0 Å². The first kappa shape index (κ1) is 19.4. The average molecular weight is 366 g/mol. The van der Waals surface area contributed by atoms with Crippen molar-refractivity contribution in [2.75, 3.05) is 65.6 Å². The summed E-state index contributed by atoms with van der Waals surface area (Å²) in [5.41, 5.74) is 0.194. The Morgan fingerprint density at radius 2 is 1.77 bits per heavy atom. The van der Waals surface area contributed by atoms with Crippen molar-refractivity contribution in [2.24, 2.45) is 10.4 Å². The summed E-state index contributed by atoms with van der Waals surface area (Å²) in [6, 6.07) is -0.0131. The molecule has 0 radical (unpaired) electrons. The topological polar surface area (TPSA) is 60.4 Å². The molecule has 0 aromatic heterocycles. The molecule has 0 aromatic rings. The SMILES string of the molecule is CCNC(=NCC1(C)COC1)N1CCN(C(C)C(=O)N2CCCC2)CC1. The van der Waals surface area contributed by atoms with Crippen LogP contribution in [0.25, 0.3) is 0 Å². The van der Waals surface area contributed by atoms with E-state index in [4.69, 9.17) is 9.73 Å². The number of nitrogens with one attached hydrogen (secondary N) is 1. The van der Waals surface area contributed by atoms with Gasteiger partial charge in [0.1, 0.15) is 0 Å². The van der Waals surface area contributed by atoms with Crippen LogP contribution in [0, 0.1) is 5.41 Å². The van der Waals surface area contributed by atoms with Gasteiger partial charge in [0, 0.05) is 51.2 Å². The van der Waals surface area contributed by atoms with Gasteiger partial charge in [0.2, 0.25) is 5.91 Å². The van der Waals surface area contributed by atoms with E-state index in [0.717, 1.165) is 84.4 Å². The first-order valence-corrected chi connectivity index (χ1v) is 10.2. The number of hydrogen-bond donors (Lipinski definition) is 1. The van der Waals surface area contributed by atoms with Gasteiger partial charge in [0.15, 0.2) is 5.96 Å². The lowest BCUT2D eigenvalue weighted by Gasteiger charge is -2.40. The first-order valence-electron chi connectivity index (χ1n) is 10.2. The third-order valence-corrected chi connectivity index (χ3v) is 5.78. The number of piperazine rings is 1. The fourth-order valence-corrected chi connectivity index (χ4v) is 3.91. The maximum atomic E-state index is 12.6. The van der Waals surface area contributed by atoms with Gasteiger partial charge in [-0.05, 0) is 26.7 Å². The molecule has 1 atom stereocenters. The highest BCUT2D eigenvalue weighted by molar-refractivity contribution is 5.82. The average Bonchev–Trinajstić information content (AvgIpc) is 3.17. The van der Waals surface area contributed by atoms with Crippen LogP contribution in [0.4, 0.5) is 0 Å². The number of carbonyl (C=O) groups excluding carboxylic acids is 1. The van der Waals surface area contributed by atoms with Gasteiger partial charge in [-0.2, -0.15) is 0 Å². The standard InChI is InChI=1S/C19H35N5O2/c1-4-20-18(21-13-19(3)14-26-15-19)24-11-9-22(10-12-24)16(2)17(25)23-7-5-6-8-23/h16H,4-15H2,1-3H3,(H,20,21). The van der Waals surface area contributed by atoms with Gasteiger partial charge < -0.3 is 19.9 Å². The van der Waals surface area contributed by atoms with E-state index in [0.29, 0.717) is 5.91 Å². The van der Waals surface area contributed by atoms with E-state index in [1.165, 1.54) is 0 Å². The quantitative estimate of drug-likeness (QED) is 0.572. The van der Waals surface area contributed by atoms with E-state index in [9.17, 15) is 4.79 Å². The van der Waals surface area contributed by atoms with Crippen molar-refractivity contribution in [3.05, 3.63) is 0 Å². The molecule has 148 valence electrons. The number of rotatable bonds is 5. The fourth-order valence-electron chi connectivity index (χ4n) is 3.91. The Morgan fingerprint density at radius 3 is 2.31 bits per heavy atom. The monoisotopic (exact) mass is 365 g/mol. The van der Waals surface area contributed by atoms with E-state index < -0.39 is 0 Å². The minimum atomic E-state index is -0.0131. The lowest BCUT2D eigenvalue weighted by atomic mass is 9.89. The Balaban J connectivity index is 1.52. The summed E-state index contributed by atoms with van der Waals surface area (Å²) in [5, 5.41) is 3.43. The van der Waals surface area contributed by atoms with Gasteiger partial charge in [-0.1, -0.05) is 6.92 Å². The summed E-state index contributed by atoms with van der Waals surface area (Å²) in [6.45, 7) is 15.2. The molecule has 0 saturated carbocycles. The molecule has 1 N–H and O–H groups in total. The third-order valence-electron chi connectivity index (χ3n) is 5.78. The molecule has 3 saturated heterocycles. The smallest absolute Gasteiger partial charge is 0.239 e. The van der Waals surface area contributed by atoms with Crippen molar-refractivity contribution in [1.29, 1.82) is 0 Å². The van der Waals surface area contributed by atoms with Crippen molar-refractivity contribution >= 4 is 11.9 Å². The van der Waals surface area contributed by atoms with Crippen molar-refractivity contribution in [2.45, 2.75) is 39.7 Å². The molecule has 26 heavy (non-hydrogen) atoms. The second-order valence-corrected chi connectivity index (χ2v) is 8.21. The lowest BCUT2D eigenvalue weighted by molar-refractivity contribution is -0.135. The Labute approximate surface area is 157 Å². The Hall–Kier alpha value is -1.34. The van der Waals surface area contributed by atoms with Crippen LogP contribution in [0.5, 0.6) is 0 Å². The van der Waals surface area contributed by atoms with Gasteiger partial charge in [0.05, 0.1) is 25.8 Å². The molecule has 3 aliphatic heterocycles. The number of likely N-dealkylation sites (tertiary alicyclic amines) is 1. The van der Waals surface area contributed by atoms with Gasteiger partial charge >= 0.3 is 0 Å². The number of carbonyl (C=O) groups is 1. The minimum Gasteiger partial charge on any atom is -0.380 e. The Bertz CT molecular complexity index is 506. The van der Waals surface area contributed by atoms with Crippen LogP contribution >= 0.6 is 0 Å². The Kier molecular flexibility index (Phi) is 6.40. The van der Waals surface area contributed by atoms with Gasteiger partial charge in [-0.15, -0.1) is 0 Å². The largest absolute Gasteiger partial charge is 0.380 e. The van der Waals surface area contributed by atoms with Crippen LogP contribution in [0.2, 0.25) is 0 Å². The number of nitrogens with zero attached hydrogens (tertiary/aromatic N) is 4. The van der Waals surface area contributed by atoms with Crippen LogP contribution in [0.15, 0.2) is 4.99 Å². The predicted molar refractivity (Wildman–Crippen MR) is 103 cm³/mol. The molecule has 1 amide bonds. The molecule has 3 heterocycles. The second-order valence-electron chi connectivity index (χ2n) is 8.21. The Morgan fingerprint density at radius 1 is 1.12 bits per heavy atom. The highest BCUT2D eigenvalue weighted by Gasteiger charge is 2.34. The van der Waals surface area contributed by atoms with Crippen LogP contribution in [0.3, 0.4) is 0 Å². The summed E-state index contributed by atoms with van der Waals surface area (Å²) in [5.74, 6) is 1.30. The highest BCUT2D eigenvalue weighted by atomic mass is 16.5. The highest BCUT2D eigenvalue weighted by Crippen LogP contribution is 2.26. The molecule has 7 heteroatoms. The molecule has 0 spiro atoms. The molecule has 1 unspecified atom stereocenters. The molecular weight excluding hydrogens is 330 g/mol. The summed E-state index contributed by atoms with van der Waals surface area (Å²) in [6.07, 6.45) is 2.30. The molecular formula is C19H35N5O2. The van der Waals surface area contributed by atoms with E-state index >= 15 is 0 Å². The molecule has 3 aliphatic rings. The van der Waals surface area contributed by atoms with Crippen molar-refractivity contribution in [1.82, 2.24) is 20.0 Å². The molecule has 7 nitrogen and oxygen atoms in total. The number of guanidine groups is 1. The minimum absolute atomic E-state index is 0.0131. The molecule has 3 rings (SSSR count). The van der Waals surface area contributed by atoms with Crippen molar-refractivity contribution < 1.29 is 9.53 Å². The number of aliphatic imine (C=N–C) groups is 1. The number of hydrogen-bond acceptors (Lipinski definition) is 4. The van der Waals surface area contributed by atoms with Gasteiger partial charge in [0.25, 0.3) is 0 Å². The van der Waals surface area contributed by atoms with Crippen molar-refractivity contribution in [3.63, 3.8) is 0 Å². The fraction of sp³-hybridized carbons (Fsp3) is 0.895. The van der Waals surface area contributed by atoms with Crippen LogP contribution in [-0.2, 0) is 9.53 Å². The zero-order chi connectivity index (χ0) is 18.6. The second kappa shape index (κ2) is 8.57. The third kappa shape index (κ3) is 4.49. The normalized spacial score (nSPS) is 25.1. The molecule has 0 aliphatic carbocycles. The van der Waals surface area contributed by atoms with Crippen LogP contribution in [0.1, 0.15) is 33.6 Å².